The number of aromatic nitrogens is 1. The van der Waals surface area contributed by atoms with Gasteiger partial charge in [-0.3, -0.25) is 19.0 Å². The van der Waals surface area contributed by atoms with E-state index in [1.165, 1.54) is 11.3 Å². The fraction of sp³-hybridized carbons (Fsp3) is 0.0435. The Hall–Kier alpha value is -3.84. The van der Waals surface area contributed by atoms with Gasteiger partial charge < -0.3 is 0 Å². The van der Waals surface area contributed by atoms with E-state index in [9.17, 15) is 14.4 Å². The minimum atomic E-state index is -0.720. The van der Waals surface area contributed by atoms with Crippen molar-refractivity contribution in [3.05, 3.63) is 94.1 Å². The van der Waals surface area contributed by atoms with E-state index in [4.69, 9.17) is 0 Å². The molecular formula is C23H17N3O3S. The Balaban J connectivity index is 1.75. The molecule has 0 spiro atoms. The van der Waals surface area contributed by atoms with Crippen molar-refractivity contribution < 1.29 is 14.4 Å². The molecule has 1 aliphatic carbocycles. The monoisotopic (exact) mass is 415 g/mol. The Kier molecular flexibility index (Phi) is 5.36. The van der Waals surface area contributed by atoms with E-state index in [-0.39, 0.29) is 5.57 Å². The zero-order valence-electron chi connectivity index (χ0n) is 16.0. The Bertz CT molecular complexity index is 1260. The van der Waals surface area contributed by atoms with Gasteiger partial charge in [-0.2, -0.15) is 0 Å². The SMILES string of the molecule is Cc1ccc(-n2c(-c3ccccc3)cs/c2=N/NC(=O)C2=CC(=O)C=CC2=O)cc1. The van der Waals surface area contributed by atoms with Gasteiger partial charge in [-0.1, -0.05) is 48.0 Å². The quantitative estimate of drug-likeness (QED) is 0.404. The molecule has 148 valence electrons. The fourth-order valence-corrected chi connectivity index (χ4v) is 3.85. The topological polar surface area (TPSA) is 80.5 Å². The third-order valence-electron chi connectivity index (χ3n) is 4.52. The van der Waals surface area contributed by atoms with Crippen LogP contribution in [0.4, 0.5) is 0 Å². The molecule has 1 aliphatic rings. The number of carbonyl (C=O) groups is 3. The second-order valence-corrected chi connectivity index (χ2v) is 7.49. The number of nitrogens with one attached hydrogen (secondary N) is 1. The number of hydrogen-bond donors (Lipinski definition) is 1. The van der Waals surface area contributed by atoms with Crippen LogP contribution in [0, 0.1) is 6.92 Å². The molecule has 7 heteroatoms. The lowest BCUT2D eigenvalue weighted by atomic mass is 10.0. The number of benzene rings is 2. The zero-order chi connectivity index (χ0) is 21.1. The van der Waals surface area contributed by atoms with Crippen LogP contribution in [-0.4, -0.2) is 22.0 Å². The molecule has 6 nitrogen and oxygen atoms in total. The highest BCUT2D eigenvalue weighted by Gasteiger charge is 2.20. The maximum Gasteiger partial charge on any atom is 0.275 e. The summed E-state index contributed by atoms with van der Waals surface area (Å²) >= 11 is 1.36. The van der Waals surface area contributed by atoms with Crippen molar-refractivity contribution >= 4 is 28.8 Å². The molecule has 3 aromatic rings. The van der Waals surface area contributed by atoms with Gasteiger partial charge in [0.25, 0.3) is 5.91 Å². The maximum absolute atomic E-state index is 12.4. The molecule has 30 heavy (non-hydrogen) atoms. The highest BCUT2D eigenvalue weighted by Crippen LogP contribution is 2.23. The van der Waals surface area contributed by atoms with Crippen molar-refractivity contribution in [2.75, 3.05) is 0 Å². The first-order valence-corrected chi connectivity index (χ1v) is 10.1. The minimum absolute atomic E-state index is 0.229. The van der Waals surface area contributed by atoms with Gasteiger partial charge in [0.05, 0.1) is 11.3 Å². The highest BCUT2D eigenvalue weighted by molar-refractivity contribution is 7.07. The second kappa shape index (κ2) is 8.26. The molecule has 0 radical (unpaired) electrons. The van der Waals surface area contributed by atoms with E-state index in [0.29, 0.717) is 4.80 Å². The number of rotatable bonds is 4. The third-order valence-corrected chi connectivity index (χ3v) is 5.34. The number of allylic oxidation sites excluding steroid dienone is 3. The number of ketones is 2. The normalized spacial score (nSPS) is 14.0. The summed E-state index contributed by atoms with van der Waals surface area (Å²) in [5.74, 6) is -1.65. The van der Waals surface area contributed by atoms with Crippen LogP contribution in [0.1, 0.15) is 5.56 Å². The predicted octanol–water partition coefficient (Wildman–Crippen LogP) is 3.08. The summed E-state index contributed by atoms with van der Waals surface area (Å²) in [7, 11) is 0. The molecule has 1 aromatic heterocycles. The Morgan fingerprint density at radius 3 is 2.47 bits per heavy atom. The van der Waals surface area contributed by atoms with E-state index >= 15 is 0 Å². The number of nitrogens with zero attached hydrogens (tertiary/aromatic N) is 2. The number of hydrogen-bond acceptors (Lipinski definition) is 5. The first-order chi connectivity index (χ1) is 14.5. The van der Waals surface area contributed by atoms with E-state index in [1.54, 1.807) is 0 Å². The molecule has 0 atom stereocenters. The fourth-order valence-electron chi connectivity index (χ4n) is 2.99. The zero-order valence-corrected chi connectivity index (χ0v) is 16.8. The molecule has 1 N–H and O–H groups in total. The first-order valence-electron chi connectivity index (χ1n) is 9.18. The maximum atomic E-state index is 12.4. The molecule has 0 aliphatic heterocycles. The van der Waals surface area contributed by atoms with Gasteiger partial charge in [0.15, 0.2) is 11.6 Å². The molecule has 0 saturated heterocycles. The molecule has 0 unspecified atom stereocenters. The molecule has 1 heterocycles. The van der Waals surface area contributed by atoms with Crippen LogP contribution >= 0.6 is 11.3 Å². The van der Waals surface area contributed by atoms with E-state index in [2.05, 4.69) is 10.5 Å². The van der Waals surface area contributed by atoms with Crippen LogP contribution in [0.5, 0.6) is 0 Å². The van der Waals surface area contributed by atoms with Crippen LogP contribution in [-0.2, 0) is 14.4 Å². The summed E-state index contributed by atoms with van der Waals surface area (Å²) in [5, 5.41) is 6.20. The summed E-state index contributed by atoms with van der Waals surface area (Å²) in [4.78, 5) is 36.3. The smallest absolute Gasteiger partial charge is 0.275 e. The van der Waals surface area contributed by atoms with Crippen molar-refractivity contribution in [2.45, 2.75) is 6.92 Å². The van der Waals surface area contributed by atoms with Gasteiger partial charge in [0.2, 0.25) is 4.80 Å². The molecule has 4 rings (SSSR count). The minimum Gasteiger partial charge on any atom is -0.290 e. The van der Waals surface area contributed by atoms with Crippen molar-refractivity contribution in [3.63, 3.8) is 0 Å². The van der Waals surface area contributed by atoms with Crippen molar-refractivity contribution in [2.24, 2.45) is 5.10 Å². The molecular weight excluding hydrogens is 398 g/mol. The molecule has 0 fully saturated rings. The van der Waals surface area contributed by atoms with Gasteiger partial charge in [-0.15, -0.1) is 16.4 Å². The van der Waals surface area contributed by atoms with Crippen LogP contribution in [0.2, 0.25) is 0 Å². The van der Waals surface area contributed by atoms with E-state index < -0.39 is 17.5 Å². The van der Waals surface area contributed by atoms with Gasteiger partial charge in [0.1, 0.15) is 0 Å². The molecule has 0 bridgehead atoms. The van der Waals surface area contributed by atoms with E-state index in [1.807, 2.05) is 71.5 Å². The largest absolute Gasteiger partial charge is 0.290 e. The summed E-state index contributed by atoms with van der Waals surface area (Å²) in [5.41, 5.74) is 6.12. The average Bonchev–Trinajstić information content (AvgIpc) is 3.19. The highest BCUT2D eigenvalue weighted by atomic mass is 32.1. The van der Waals surface area contributed by atoms with Crippen LogP contribution in [0.3, 0.4) is 0 Å². The summed E-state index contributed by atoms with van der Waals surface area (Å²) < 4.78 is 1.93. The lowest BCUT2D eigenvalue weighted by molar-refractivity contribution is -0.122. The lowest BCUT2D eigenvalue weighted by Gasteiger charge is -2.10. The number of amides is 1. The number of aryl methyl sites for hydroxylation is 1. The van der Waals surface area contributed by atoms with Crippen molar-refractivity contribution in [1.29, 1.82) is 0 Å². The Morgan fingerprint density at radius 2 is 1.73 bits per heavy atom. The van der Waals surface area contributed by atoms with Crippen LogP contribution < -0.4 is 10.2 Å². The van der Waals surface area contributed by atoms with E-state index in [0.717, 1.165) is 40.7 Å². The van der Waals surface area contributed by atoms with Gasteiger partial charge in [0, 0.05) is 17.1 Å². The summed E-state index contributed by atoms with van der Waals surface area (Å²) in [6.07, 6.45) is 3.24. The van der Waals surface area contributed by atoms with Crippen molar-refractivity contribution in [1.82, 2.24) is 9.99 Å². The third kappa shape index (κ3) is 3.97. The van der Waals surface area contributed by atoms with Crippen molar-refractivity contribution in [3.8, 4) is 16.9 Å². The number of thiazole rings is 1. The molecule has 1 amide bonds. The molecule has 0 saturated carbocycles. The van der Waals surface area contributed by atoms with Crippen LogP contribution in [0.25, 0.3) is 16.9 Å². The first kappa shape index (κ1) is 19.5. The Morgan fingerprint density at radius 1 is 1.00 bits per heavy atom. The number of carbonyl (C=O) groups excluding carboxylic acids is 3. The summed E-state index contributed by atoms with van der Waals surface area (Å²) in [6, 6.07) is 17.8. The van der Waals surface area contributed by atoms with Gasteiger partial charge in [-0.25, -0.2) is 5.43 Å². The average molecular weight is 415 g/mol. The Labute approximate surface area is 176 Å². The lowest BCUT2D eigenvalue weighted by Crippen LogP contribution is -2.29. The standard InChI is InChI=1S/C23H17N3O3S/c1-15-7-9-17(10-8-15)26-20(16-5-3-2-4-6-16)14-30-23(26)25-24-22(29)19-13-18(27)11-12-21(19)28/h2-14H,1H3,(H,24,29)/b25-23+. The van der Waals surface area contributed by atoms with Gasteiger partial charge in [-0.05, 0) is 36.8 Å². The second-order valence-electron chi connectivity index (χ2n) is 6.65. The summed E-state index contributed by atoms with van der Waals surface area (Å²) in [6.45, 7) is 2.01. The molecule has 2 aromatic carbocycles. The van der Waals surface area contributed by atoms with Gasteiger partial charge >= 0.3 is 0 Å². The predicted molar refractivity (Wildman–Crippen MR) is 115 cm³/mol. The van der Waals surface area contributed by atoms with Crippen LogP contribution in [0.15, 0.2) is 88.9 Å².